The molecule has 0 amide bonds. The number of aromatic nitrogens is 4. The zero-order valence-corrected chi connectivity index (χ0v) is 22.0. The normalized spacial score (nSPS) is 11.3. The van der Waals surface area contributed by atoms with Crippen molar-refractivity contribution in [3.8, 4) is 28.6 Å². The highest BCUT2D eigenvalue weighted by Crippen LogP contribution is 2.38. The van der Waals surface area contributed by atoms with Crippen molar-refractivity contribution in [3.05, 3.63) is 87.2 Å². The van der Waals surface area contributed by atoms with Gasteiger partial charge in [-0.25, -0.2) is 9.67 Å². The van der Waals surface area contributed by atoms with Gasteiger partial charge in [0.2, 0.25) is 5.89 Å². The predicted octanol–water partition coefficient (Wildman–Crippen LogP) is 5.40. The number of hydrogen-bond donors (Lipinski definition) is 0. The third-order valence-corrected chi connectivity index (χ3v) is 6.72. The highest BCUT2D eigenvalue weighted by atomic mass is 16.5. The first-order valence-corrected chi connectivity index (χ1v) is 12.2. The van der Waals surface area contributed by atoms with Crippen LogP contribution in [0, 0.1) is 20.8 Å². The lowest BCUT2D eigenvalue weighted by atomic mass is 10.1. The van der Waals surface area contributed by atoms with Crippen molar-refractivity contribution in [2.24, 2.45) is 0 Å². The maximum Gasteiger partial charge on any atom is 0.252 e. The highest BCUT2D eigenvalue weighted by Gasteiger charge is 2.22. The largest absolute Gasteiger partial charge is 0.493 e. The second-order valence-corrected chi connectivity index (χ2v) is 9.03. The molecule has 0 unspecified atom stereocenters. The molecule has 0 saturated carbocycles. The number of hydrogen-bond acceptors (Lipinski definition) is 6. The molecule has 0 aliphatic carbocycles. The van der Waals surface area contributed by atoms with Crippen LogP contribution in [0.5, 0.6) is 11.5 Å². The molecule has 0 spiro atoms. The van der Waals surface area contributed by atoms with Crippen LogP contribution in [0.3, 0.4) is 0 Å². The lowest BCUT2D eigenvalue weighted by Gasteiger charge is -2.12. The quantitative estimate of drug-likeness (QED) is 0.299. The van der Waals surface area contributed by atoms with Crippen LogP contribution in [0.2, 0.25) is 0 Å². The Balaban J connectivity index is 1.65. The first-order chi connectivity index (χ1) is 17.9. The van der Waals surface area contributed by atoms with E-state index >= 15 is 0 Å². The predicted molar refractivity (Wildman–Crippen MR) is 143 cm³/mol. The summed E-state index contributed by atoms with van der Waals surface area (Å²) in [5, 5.41) is 5.77. The molecule has 3 aromatic heterocycles. The standard InChI is InChI=1S/C29H30N4O4/c1-7-20-11-13-21(14-12-20)33-29-26(18(3)31-33)17(2)15-25(34)32(29)16-23-19(4)37-28(30-23)22-9-8-10-24(35-5)27(22)36-6/h8-15H,7,16H2,1-6H3. The van der Waals surface area contributed by atoms with Gasteiger partial charge in [0.15, 0.2) is 11.5 Å². The number of methoxy groups -OCH3 is 2. The van der Waals surface area contributed by atoms with Gasteiger partial charge >= 0.3 is 0 Å². The van der Waals surface area contributed by atoms with Gasteiger partial charge in [-0.15, -0.1) is 0 Å². The van der Waals surface area contributed by atoms with E-state index in [-0.39, 0.29) is 12.1 Å². The third-order valence-electron chi connectivity index (χ3n) is 6.72. The Morgan fingerprint density at radius 3 is 2.43 bits per heavy atom. The van der Waals surface area contributed by atoms with Crippen LogP contribution < -0.4 is 15.0 Å². The van der Waals surface area contributed by atoms with Gasteiger partial charge in [-0.05, 0) is 62.6 Å². The van der Waals surface area contributed by atoms with E-state index in [1.807, 2.05) is 55.8 Å². The summed E-state index contributed by atoms with van der Waals surface area (Å²) in [6.45, 7) is 8.12. The van der Waals surface area contributed by atoms with Crippen molar-refractivity contribution in [1.29, 1.82) is 0 Å². The van der Waals surface area contributed by atoms with Gasteiger partial charge in [0, 0.05) is 11.5 Å². The Morgan fingerprint density at radius 2 is 1.76 bits per heavy atom. The number of benzene rings is 2. The fourth-order valence-electron chi connectivity index (χ4n) is 4.77. The summed E-state index contributed by atoms with van der Waals surface area (Å²) < 4.78 is 20.6. The molecule has 0 bridgehead atoms. The number of pyridine rings is 1. The molecule has 0 atom stereocenters. The van der Waals surface area contributed by atoms with Crippen LogP contribution in [-0.4, -0.2) is 33.6 Å². The summed E-state index contributed by atoms with van der Waals surface area (Å²) in [6, 6.07) is 15.5. The molecule has 8 heteroatoms. The molecule has 37 heavy (non-hydrogen) atoms. The lowest BCUT2D eigenvalue weighted by molar-refractivity contribution is 0.355. The number of rotatable bonds is 7. The van der Waals surface area contributed by atoms with E-state index < -0.39 is 0 Å². The number of aryl methyl sites for hydroxylation is 4. The molecule has 5 rings (SSSR count). The number of fused-ring (bicyclic) bond motifs is 1. The fraction of sp³-hybridized carbons (Fsp3) is 0.276. The number of oxazole rings is 1. The smallest absolute Gasteiger partial charge is 0.252 e. The van der Waals surface area contributed by atoms with E-state index in [1.165, 1.54) is 5.56 Å². The Hall–Kier alpha value is -4.33. The summed E-state index contributed by atoms with van der Waals surface area (Å²) in [7, 11) is 3.17. The Bertz CT molecular complexity index is 1660. The van der Waals surface area contributed by atoms with Crippen LogP contribution >= 0.6 is 0 Å². The summed E-state index contributed by atoms with van der Waals surface area (Å²) in [5.74, 6) is 2.15. The van der Waals surface area contributed by atoms with Crippen molar-refractivity contribution < 1.29 is 13.9 Å². The van der Waals surface area contributed by atoms with Crippen LogP contribution in [0.25, 0.3) is 28.2 Å². The summed E-state index contributed by atoms with van der Waals surface area (Å²) in [6.07, 6.45) is 0.953. The topological polar surface area (TPSA) is 84.3 Å². The second kappa shape index (κ2) is 9.61. The third kappa shape index (κ3) is 4.18. The SMILES string of the molecule is CCc1ccc(-n2nc(C)c3c(C)cc(=O)n(Cc4nc(-c5cccc(OC)c5OC)oc4C)c32)cc1. The molecular weight excluding hydrogens is 468 g/mol. The Labute approximate surface area is 215 Å². The Kier molecular flexibility index (Phi) is 6.33. The van der Waals surface area contributed by atoms with E-state index in [4.69, 9.17) is 24.0 Å². The van der Waals surface area contributed by atoms with E-state index in [0.717, 1.165) is 34.4 Å². The maximum absolute atomic E-state index is 13.4. The van der Waals surface area contributed by atoms with Gasteiger partial charge in [0.05, 0.1) is 37.7 Å². The van der Waals surface area contributed by atoms with E-state index in [2.05, 4.69) is 19.1 Å². The second-order valence-electron chi connectivity index (χ2n) is 9.03. The van der Waals surface area contributed by atoms with Crippen molar-refractivity contribution in [2.45, 2.75) is 40.7 Å². The molecule has 0 saturated heterocycles. The summed E-state index contributed by atoms with van der Waals surface area (Å²) in [4.78, 5) is 18.1. The number of nitrogens with zero attached hydrogens (tertiary/aromatic N) is 4. The molecule has 8 nitrogen and oxygen atoms in total. The van der Waals surface area contributed by atoms with Crippen LogP contribution in [0.4, 0.5) is 0 Å². The molecule has 5 aromatic rings. The fourth-order valence-corrected chi connectivity index (χ4v) is 4.77. The number of para-hydroxylation sites is 1. The summed E-state index contributed by atoms with van der Waals surface area (Å²) in [5.41, 5.74) is 5.82. The minimum Gasteiger partial charge on any atom is -0.493 e. The van der Waals surface area contributed by atoms with Crippen LogP contribution in [-0.2, 0) is 13.0 Å². The first kappa shape index (κ1) is 24.4. The molecular formula is C29H30N4O4. The van der Waals surface area contributed by atoms with E-state index in [1.54, 1.807) is 24.9 Å². The molecule has 3 heterocycles. The minimum atomic E-state index is -0.126. The average molecular weight is 499 g/mol. The van der Waals surface area contributed by atoms with E-state index in [0.29, 0.717) is 34.4 Å². The molecule has 0 fully saturated rings. The Morgan fingerprint density at radius 1 is 1.00 bits per heavy atom. The van der Waals surface area contributed by atoms with E-state index in [9.17, 15) is 4.79 Å². The van der Waals surface area contributed by atoms with Crippen LogP contribution in [0.15, 0.2) is 57.7 Å². The van der Waals surface area contributed by atoms with Crippen LogP contribution in [0.1, 0.15) is 35.2 Å². The number of ether oxygens (including phenoxy) is 2. The van der Waals surface area contributed by atoms with Gasteiger partial charge in [-0.1, -0.05) is 25.1 Å². The van der Waals surface area contributed by atoms with Gasteiger partial charge in [-0.3, -0.25) is 9.36 Å². The molecule has 0 N–H and O–H groups in total. The monoisotopic (exact) mass is 498 g/mol. The zero-order chi connectivity index (χ0) is 26.3. The van der Waals surface area contributed by atoms with Gasteiger partial charge < -0.3 is 13.9 Å². The van der Waals surface area contributed by atoms with Gasteiger partial charge in [0.25, 0.3) is 5.56 Å². The lowest BCUT2D eigenvalue weighted by Crippen LogP contribution is -2.23. The molecule has 0 aliphatic heterocycles. The van der Waals surface area contributed by atoms with Crippen molar-refractivity contribution >= 4 is 11.0 Å². The van der Waals surface area contributed by atoms with Crippen molar-refractivity contribution in [3.63, 3.8) is 0 Å². The zero-order valence-electron chi connectivity index (χ0n) is 22.0. The van der Waals surface area contributed by atoms with Gasteiger partial charge in [0.1, 0.15) is 17.1 Å². The summed E-state index contributed by atoms with van der Waals surface area (Å²) >= 11 is 0. The maximum atomic E-state index is 13.4. The van der Waals surface area contributed by atoms with Gasteiger partial charge in [-0.2, -0.15) is 5.10 Å². The average Bonchev–Trinajstić information content (AvgIpc) is 3.45. The molecule has 190 valence electrons. The first-order valence-electron chi connectivity index (χ1n) is 12.2. The molecule has 0 radical (unpaired) electrons. The van der Waals surface area contributed by atoms with Crippen molar-refractivity contribution in [2.75, 3.05) is 14.2 Å². The minimum absolute atomic E-state index is 0.126. The van der Waals surface area contributed by atoms with Crippen molar-refractivity contribution in [1.82, 2.24) is 19.3 Å². The highest BCUT2D eigenvalue weighted by molar-refractivity contribution is 5.83. The molecule has 2 aromatic carbocycles. The molecule has 0 aliphatic rings.